The third kappa shape index (κ3) is 6.33. The Bertz CT molecular complexity index is 285. The molecule has 0 radical (unpaired) electrons. The molecule has 90 valence electrons. The van der Waals surface area contributed by atoms with Gasteiger partial charge in [-0.1, -0.05) is 32.4 Å². The molecule has 0 aliphatic rings. The van der Waals surface area contributed by atoms with E-state index < -0.39 is 0 Å². The second kappa shape index (κ2) is 9.08. The molecule has 16 heavy (non-hydrogen) atoms. The predicted molar refractivity (Wildman–Crippen MR) is 67.3 cm³/mol. The summed E-state index contributed by atoms with van der Waals surface area (Å²) in [5.74, 6) is 0.214. The van der Waals surface area contributed by atoms with Crippen molar-refractivity contribution >= 4 is 12.1 Å². The predicted octanol–water partition coefficient (Wildman–Crippen LogP) is 3.62. The van der Waals surface area contributed by atoms with Crippen LogP contribution in [-0.4, -0.2) is 12.1 Å². The molecule has 0 unspecified atom stereocenters. The van der Waals surface area contributed by atoms with Crippen molar-refractivity contribution in [2.24, 2.45) is 0 Å². The summed E-state index contributed by atoms with van der Waals surface area (Å²) in [6.45, 7) is 5.86. The van der Waals surface area contributed by atoms with Crippen LogP contribution in [0.1, 0.15) is 52.9 Å². The van der Waals surface area contributed by atoms with Crippen LogP contribution in [0, 0.1) is 0 Å². The van der Waals surface area contributed by atoms with Crippen molar-refractivity contribution in [3.63, 3.8) is 0 Å². The van der Waals surface area contributed by atoms with Gasteiger partial charge in [0.05, 0.1) is 0 Å². The van der Waals surface area contributed by atoms with Gasteiger partial charge >= 0.3 is 0 Å². The zero-order valence-electron chi connectivity index (χ0n) is 10.6. The normalized spacial score (nSPS) is 12.7. The molecule has 0 fully saturated rings. The summed E-state index contributed by atoms with van der Waals surface area (Å²) in [6.07, 6.45) is 8.68. The van der Waals surface area contributed by atoms with Crippen molar-refractivity contribution in [3.05, 3.63) is 23.3 Å². The minimum atomic E-state index is 0.214. The minimum absolute atomic E-state index is 0.214. The summed E-state index contributed by atoms with van der Waals surface area (Å²) in [7, 11) is 0. The number of aldehydes is 1. The van der Waals surface area contributed by atoms with Crippen LogP contribution in [0.25, 0.3) is 0 Å². The molecule has 0 heterocycles. The summed E-state index contributed by atoms with van der Waals surface area (Å²) < 4.78 is 0. The number of rotatable bonds is 8. The zero-order chi connectivity index (χ0) is 12.4. The van der Waals surface area contributed by atoms with Gasteiger partial charge in [0.25, 0.3) is 0 Å². The molecule has 0 N–H and O–H groups in total. The highest BCUT2D eigenvalue weighted by atomic mass is 16.1. The number of allylic oxidation sites excluding steroid dienone is 4. The van der Waals surface area contributed by atoms with Gasteiger partial charge in [-0.25, -0.2) is 0 Å². The highest BCUT2D eigenvalue weighted by molar-refractivity contribution is 5.95. The lowest BCUT2D eigenvalue weighted by molar-refractivity contribution is -0.115. The number of carbonyl (C=O) groups is 2. The third-order valence-electron chi connectivity index (χ3n) is 2.44. The first-order valence-electron chi connectivity index (χ1n) is 5.99. The van der Waals surface area contributed by atoms with Crippen molar-refractivity contribution < 1.29 is 9.59 Å². The van der Waals surface area contributed by atoms with Crippen LogP contribution in [0.3, 0.4) is 0 Å². The van der Waals surface area contributed by atoms with E-state index in [1.165, 1.54) is 0 Å². The Morgan fingerprint density at radius 2 is 1.81 bits per heavy atom. The number of hydrogen-bond acceptors (Lipinski definition) is 2. The van der Waals surface area contributed by atoms with Crippen molar-refractivity contribution in [1.29, 1.82) is 0 Å². The molecule has 2 heteroatoms. The van der Waals surface area contributed by atoms with E-state index in [-0.39, 0.29) is 5.78 Å². The maximum atomic E-state index is 11.8. The van der Waals surface area contributed by atoms with Crippen LogP contribution in [-0.2, 0) is 9.59 Å². The van der Waals surface area contributed by atoms with Crippen molar-refractivity contribution in [3.8, 4) is 0 Å². The van der Waals surface area contributed by atoms with Gasteiger partial charge in [-0.3, -0.25) is 9.59 Å². The first-order valence-corrected chi connectivity index (χ1v) is 5.99. The molecule has 0 aromatic heterocycles. The molecule has 0 aliphatic carbocycles. The lowest BCUT2D eigenvalue weighted by Crippen LogP contribution is -2.01. The highest BCUT2D eigenvalue weighted by Crippen LogP contribution is 2.10. The van der Waals surface area contributed by atoms with Crippen LogP contribution in [0.15, 0.2) is 23.3 Å². The van der Waals surface area contributed by atoms with Crippen LogP contribution in [0.2, 0.25) is 0 Å². The summed E-state index contributed by atoms with van der Waals surface area (Å²) in [4.78, 5) is 22.1. The van der Waals surface area contributed by atoms with E-state index >= 15 is 0 Å². The van der Waals surface area contributed by atoms with E-state index in [1.54, 1.807) is 6.92 Å². The molecule has 2 nitrogen and oxygen atoms in total. The van der Waals surface area contributed by atoms with E-state index in [4.69, 9.17) is 0 Å². The molecule has 0 aromatic carbocycles. The van der Waals surface area contributed by atoms with E-state index in [9.17, 15) is 9.59 Å². The average Bonchev–Trinajstić information content (AvgIpc) is 2.29. The molecule has 0 aliphatic heterocycles. The number of carbonyl (C=O) groups excluding carboxylic acids is 2. The van der Waals surface area contributed by atoms with E-state index in [0.29, 0.717) is 18.4 Å². The first kappa shape index (κ1) is 14.8. The Kier molecular flexibility index (Phi) is 8.41. The van der Waals surface area contributed by atoms with Gasteiger partial charge in [-0.2, -0.15) is 0 Å². The molecule has 0 saturated carbocycles. The van der Waals surface area contributed by atoms with Gasteiger partial charge in [0.2, 0.25) is 0 Å². The summed E-state index contributed by atoms with van der Waals surface area (Å²) in [6, 6.07) is 0. The minimum Gasteiger partial charge on any atom is -0.298 e. The summed E-state index contributed by atoms with van der Waals surface area (Å²) in [5, 5.41) is 0. The number of unbranched alkanes of at least 4 members (excludes halogenated alkanes) is 1. The molecule has 0 amide bonds. The second-order valence-electron chi connectivity index (χ2n) is 3.90. The number of ketones is 1. The summed E-state index contributed by atoms with van der Waals surface area (Å²) in [5.41, 5.74) is 1.63. The maximum absolute atomic E-state index is 11.8. The number of Topliss-reactive ketones (excluding diaryl/α,β-unsaturated/α-hetero) is 1. The standard InChI is InChI=1S/C14H22O2/c1-4-6-9-13(5-2)14(16)10-7-8-12(3)11-15/h8-9,11H,4-7,10H2,1-3H3. The summed E-state index contributed by atoms with van der Waals surface area (Å²) >= 11 is 0. The average molecular weight is 222 g/mol. The highest BCUT2D eigenvalue weighted by Gasteiger charge is 2.05. The lowest BCUT2D eigenvalue weighted by atomic mass is 10.0. The monoisotopic (exact) mass is 222 g/mol. The molecule has 0 bridgehead atoms. The van der Waals surface area contributed by atoms with Gasteiger partial charge in [0.15, 0.2) is 5.78 Å². The largest absolute Gasteiger partial charge is 0.298 e. The molecule has 0 atom stereocenters. The Morgan fingerprint density at radius 3 is 2.31 bits per heavy atom. The third-order valence-corrected chi connectivity index (χ3v) is 2.44. The van der Waals surface area contributed by atoms with Gasteiger partial charge < -0.3 is 0 Å². The quantitative estimate of drug-likeness (QED) is 0.464. The van der Waals surface area contributed by atoms with Gasteiger partial charge in [0, 0.05) is 6.42 Å². The van der Waals surface area contributed by atoms with E-state index in [2.05, 4.69) is 6.92 Å². The van der Waals surface area contributed by atoms with E-state index in [0.717, 1.165) is 31.1 Å². The fourth-order valence-corrected chi connectivity index (χ4v) is 1.41. The SMILES string of the molecule is CCCC=C(CC)C(=O)CCC=C(C)C=O. The Balaban J connectivity index is 4.17. The van der Waals surface area contributed by atoms with Gasteiger partial charge in [-0.05, 0) is 37.3 Å². The van der Waals surface area contributed by atoms with Crippen LogP contribution < -0.4 is 0 Å². The molecule has 0 saturated heterocycles. The Labute approximate surface area is 98.4 Å². The van der Waals surface area contributed by atoms with Crippen molar-refractivity contribution in [1.82, 2.24) is 0 Å². The zero-order valence-corrected chi connectivity index (χ0v) is 10.6. The van der Waals surface area contributed by atoms with Crippen LogP contribution in [0.5, 0.6) is 0 Å². The number of hydrogen-bond donors (Lipinski definition) is 0. The van der Waals surface area contributed by atoms with Crippen LogP contribution in [0.4, 0.5) is 0 Å². The molecule has 0 rings (SSSR count). The van der Waals surface area contributed by atoms with Crippen molar-refractivity contribution in [2.75, 3.05) is 0 Å². The first-order chi connectivity index (χ1) is 7.65. The lowest BCUT2D eigenvalue weighted by Gasteiger charge is -2.02. The van der Waals surface area contributed by atoms with Crippen LogP contribution >= 0.6 is 0 Å². The Morgan fingerprint density at radius 1 is 1.12 bits per heavy atom. The molecule has 0 spiro atoms. The smallest absolute Gasteiger partial charge is 0.158 e. The van der Waals surface area contributed by atoms with E-state index in [1.807, 2.05) is 19.1 Å². The molecular weight excluding hydrogens is 200 g/mol. The van der Waals surface area contributed by atoms with Gasteiger partial charge in [-0.15, -0.1) is 0 Å². The topological polar surface area (TPSA) is 34.1 Å². The fourth-order valence-electron chi connectivity index (χ4n) is 1.41. The molecular formula is C14H22O2. The second-order valence-corrected chi connectivity index (χ2v) is 3.90. The Hall–Kier alpha value is -1.18. The maximum Gasteiger partial charge on any atom is 0.158 e. The van der Waals surface area contributed by atoms with Gasteiger partial charge in [0.1, 0.15) is 6.29 Å². The molecule has 0 aromatic rings. The fraction of sp³-hybridized carbons (Fsp3) is 0.571. The van der Waals surface area contributed by atoms with Crippen molar-refractivity contribution in [2.45, 2.75) is 52.9 Å².